The zero-order valence-corrected chi connectivity index (χ0v) is 22.5. The zero-order valence-electron chi connectivity index (χ0n) is 21.7. The predicted molar refractivity (Wildman–Crippen MR) is 145 cm³/mol. The van der Waals surface area contributed by atoms with Gasteiger partial charge in [0.1, 0.15) is 0 Å². The molecule has 3 heterocycles. The molecule has 1 aromatic heterocycles. The van der Waals surface area contributed by atoms with E-state index in [-0.39, 0.29) is 5.92 Å². The molecule has 8 heteroatoms. The van der Waals surface area contributed by atoms with E-state index in [2.05, 4.69) is 70.7 Å². The minimum Gasteiger partial charge on any atom is -0.339 e. The van der Waals surface area contributed by atoms with E-state index in [0.717, 1.165) is 69.9 Å². The number of hydrogen-bond acceptors (Lipinski definition) is 6. The van der Waals surface area contributed by atoms with Gasteiger partial charge in [0.25, 0.3) is 0 Å². The highest BCUT2D eigenvalue weighted by molar-refractivity contribution is 7.88. The van der Waals surface area contributed by atoms with Gasteiger partial charge in [-0.15, -0.1) is 0 Å². The number of likely N-dealkylation sites (tertiary alicyclic amines) is 1. The van der Waals surface area contributed by atoms with E-state index in [0.29, 0.717) is 24.9 Å². The Labute approximate surface area is 220 Å². The minimum absolute atomic E-state index is 0.180. The highest BCUT2D eigenvalue weighted by Crippen LogP contribution is 2.30. The number of piperidine rings is 2. The Morgan fingerprint density at radius 3 is 2.05 bits per heavy atom. The lowest BCUT2D eigenvalue weighted by Crippen LogP contribution is -2.37. The second-order valence-electron chi connectivity index (χ2n) is 10.6. The van der Waals surface area contributed by atoms with Crippen LogP contribution in [0.4, 0.5) is 0 Å². The number of benzene rings is 2. The molecule has 0 aliphatic carbocycles. The minimum atomic E-state index is -3.12. The molecule has 2 aromatic carbocycles. The third kappa shape index (κ3) is 6.86. The molecule has 0 spiro atoms. The Balaban J connectivity index is 1.09. The first-order valence-corrected chi connectivity index (χ1v) is 15.4. The molecule has 0 bridgehead atoms. The van der Waals surface area contributed by atoms with Gasteiger partial charge in [0.2, 0.25) is 15.9 Å². The molecule has 0 unspecified atom stereocenters. The number of aromatic nitrogens is 2. The Morgan fingerprint density at radius 2 is 1.49 bits per heavy atom. The summed E-state index contributed by atoms with van der Waals surface area (Å²) in [7, 11) is -3.12. The van der Waals surface area contributed by atoms with Crippen LogP contribution in [0, 0.1) is 5.92 Å². The summed E-state index contributed by atoms with van der Waals surface area (Å²) >= 11 is 0. The van der Waals surface area contributed by atoms with Crippen molar-refractivity contribution in [2.45, 2.75) is 50.4 Å². The third-order valence-corrected chi connectivity index (χ3v) is 9.38. The quantitative estimate of drug-likeness (QED) is 0.406. The average molecular weight is 523 g/mol. The first kappa shape index (κ1) is 26.1. The summed E-state index contributed by atoms with van der Waals surface area (Å²) in [6, 6.07) is 21.7. The van der Waals surface area contributed by atoms with Crippen molar-refractivity contribution < 1.29 is 12.9 Å². The summed E-state index contributed by atoms with van der Waals surface area (Å²) in [5.41, 5.74) is 2.77. The summed E-state index contributed by atoms with van der Waals surface area (Å²) in [5, 5.41) is 4.25. The second kappa shape index (κ2) is 11.9. The van der Waals surface area contributed by atoms with E-state index < -0.39 is 10.0 Å². The van der Waals surface area contributed by atoms with Crippen LogP contribution in [0.25, 0.3) is 0 Å². The lowest BCUT2D eigenvalue weighted by molar-refractivity contribution is 0.174. The fraction of sp³-hybridized carbons (Fsp3) is 0.517. The smallest absolute Gasteiger partial charge is 0.226 e. The van der Waals surface area contributed by atoms with Crippen LogP contribution in [0.15, 0.2) is 65.2 Å². The van der Waals surface area contributed by atoms with Gasteiger partial charge in [0, 0.05) is 31.3 Å². The highest BCUT2D eigenvalue weighted by Gasteiger charge is 2.29. The fourth-order valence-corrected chi connectivity index (χ4v) is 6.71. The molecular weight excluding hydrogens is 484 g/mol. The zero-order chi connectivity index (χ0) is 25.7. The second-order valence-corrected chi connectivity index (χ2v) is 12.6. The van der Waals surface area contributed by atoms with Crippen molar-refractivity contribution in [2.24, 2.45) is 5.92 Å². The first-order valence-electron chi connectivity index (χ1n) is 13.6. The van der Waals surface area contributed by atoms with Gasteiger partial charge in [-0.3, -0.25) is 0 Å². The van der Waals surface area contributed by atoms with Crippen LogP contribution in [0.5, 0.6) is 0 Å². The molecule has 7 nitrogen and oxygen atoms in total. The van der Waals surface area contributed by atoms with Crippen LogP contribution in [-0.2, 0) is 16.4 Å². The van der Waals surface area contributed by atoms with Crippen molar-refractivity contribution in [1.29, 1.82) is 0 Å². The fourth-order valence-electron chi connectivity index (χ4n) is 5.83. The van der Waals surface area contributed by atoms with Gasteiger partial charge in [-0.2, -0.15) is 4.98 Å². The number of rotatable bonds is 9. The van der Waals surface area contributed by atoms with E-state index >= 15 is 0 Å². The molecule has 0 radical (unpaired) electrons. The number of sulfonamides is 1. The van der Waals surface area contributed by atoms with Crippen LogP contribution in [-0.4, -0.2) is 66.7 Å². The van der Waals surface area contributed by atoms with Crippen LogP contribution in [0.1, 0.15) is 66.8 Å². The molecule has 2 aliphatic heterocycles. The largest absolute Gasteiger partial charge is 0.339 e. The first-order chi connectivity index (χ1) is 18.0. The summed E-state index contributed by atoms with van der Waals surface area (Å²) in [6.45, 7) is 4.36. The Kier molecular flexibility index (Phi) is 8.37. The summed E-state index contributed by atoms with van der Waals surface area (Å²) in [6.07, 6.45) is 7.01. The van der Waals surface area contributed by atoms with E-state index in [1.54, 1.807) is 4.31 Å². The predicted octanol–water partition coefficient (Wildman–Crippen LogP) is 4.69. The molecule has 0 N–H and O–H groups in total. The molecule has 0 amide bonds. The SMILES string of the molecule is CS(=O)(=O)N1CCC(c2noc(CC3CCN(CCC(c4ccccc4)c4ccccc4)CC3)n2)CC1. The van der Waals surface area contributed by atoms with E-state index in [1.807, 2.05) is 0 Å². The number of hydrogen-bond donors (Lipinski definition) is 0. The van der Waals surface area contributed by atoms with Gasteiger partial charge in [0.05, 0.1) is 6.26 Å². The van der Waals surface area contributed by atoms with Gasteiger partial charge >= 0.3 is 0 Å². The molecule has 5 rings (SSSR count). The molecule has 3 aromatic rings. The molecule has 198 valence electrons. The van der Waals surface area contributed by atoms with E-state index in [4.69, 9.17) is 9.51 Å². The van der Waals surface area contributed by atoms with Crippen LogP contribution < -0.4 is 0 Å². The molecule has 2 aliphatic rings. The highest BCUT2D eigenvalue weighted by atomic mass is 32.2. The van der Waals surface area contributed by atoms with Crippen molar-refractivity contribution in [2.75, 3.05) is 39.0 Å². The molecule has 2 saturated heterocycles. The van der Waals surface area contributed by atoms with Gasteiger partial charge in [-0.1, -0.05) is 65.8 Å². The van der Waals surface area contributed by atoms with Gasteiger partial charge in [0.15, 0.2) is 5.82 Å². The maximum Gasteiger partial charge on any atom is 0.226 e. The third-order valence-electron chi connectivity index (χ3n) is 8.08. The Morgan fingerprint density at radius 1 is 0.892 bits per heavy atom. The maximum absolute atomic E-state index is 11.8. The lowest BCUT2D eigenvalue weighted by atomic mass is 9.87. The van der Waals surface area contributed by atoms with Crippen molar-refractivity contribution in [3.63, 3.8) is 0 Å². The van der Waals surface area contributed by atoms with E-state index in [9.17, 15) is 8.42 Å². The topological polar surface area (TPSA) is 79.5 Å². The molecule has 0 atom stereocenters. The monoisotopic (exact) mass is 522 g/mol. The Bertz CT molecular complexity index is 1180. The van der Waals surface area contributed by atoms with Gasteiger partial charge in [-0.05, 0) is 68.8 Å². The standard InChI is InChI=1S/C29H38N4O3S/c1-37(34,35)33-20-14-26(15-21-33)29-30-28(36-31-29)22-23-12-17-32(18-13-23)19-16-27(24-8-4-2-5-9-24)25-10-6-3-7-11-25/h2-11,23,26-27H,12-22H2,1H3. The van der Waals surface area contributed by atoms with Gasteiger partial charge < -0.3 is 9.42 Å². The van der Waals surface area contributed by atoms with Crippen molar-refractivity contribution >= 4 is 10.0 Å². The average Bonchev–Trinajstić information content (AvgIpc) is 3.39. The summed E-state index contributed by atoms with van der Waals surface area (Å²) in [4.78, 5) is 7.30. The normalized spacial score (nSPS) is 19.0. The van der Waals surface area contributed by atoms with Crippen LogP contribution in [0.3, 0.4) is 0 Å². The molecular formula is C29H38N4O3S. The van der Waals surface area contributed by atoms with Crippen LogP contribution in [0.2, 0.25) is 0 Å². The molecule has 0 saturated carbocycles. The van der Waals surface area contributed by atoms with Gasteiger partial charge in [-0.25, -0.2) is 12.7 Å². The summed E-state index contributed by atoms with van der Waals surface area (Å²) < 4.78 is 30.7. The Hall–Kier alpha value is -2.55. The van der Waals surface area contributed by atoms with Crippen molar-refractivity contribution in [3.8, 4) is 0 Å². The lowest BCUT2D eigenvalue weighted by Gasteiger charge is -2.32. The number of nitrogens with zero attached hydrogens (tertiary/aromatic N) is 4. The van der Waals surface area contributed by atoms with E-state index in [1.165, 1.54) is 17.4 Å². The summed E-state index contributed by atoms with van der Waals surface area (Å²) in [5.74, 6) is 2.64. The van der Waals surface area contributed by atoms with Crippen molar-refractivity contribution in [1.82, 2.24) is 19.3 Å². The van der Waals surface area contributed by atoms with Crippen LogP contribution >= 0.6 is 0 Å². The maximum atomic E-state index is 11.8. The molecule has 37 heavy (non-hydrogen) atoms. The molecule has 2 fully saturated rings. The van der Waals surface area contributed by atoms with Crippen molar-refractivity contribution in [3.05, 3.63) is 83.5 Å².